The zero-order valence-electron chi connectivity index (χ0n) is 18.6. The van der Waals surface area contributed by atoms with Gasteiger partial charge in [0.15, 0.2) is 5.96 Å². The predicted molar refractivity (Wildman–Crippen MR) is 141 cm³/mol. The van der Waals surface area contributed by atoms with Crippen LogP contribution < -0.4 is 15.0 Å². The van der Waals surface area contributed by atoms with Gasteiger partial charge in [-0.05, 0) is 36.2 Å². The van der Waals surface area contributed by atoms with E-state index < -0.39 is 0 Å². The molecule has 1 saturated heterocycles. The number of para-hydroxylation sites is 1. The van der Waals surface area contributed by atoms with Gasteiger partial charge in [0.2, 0.25) is 0 Å². The first-order chi connectivity index (χ1) is 15.3. The van der Waals surface area contributed by atoms with Crippen molar-refractivity contribution in [1.29, 1.82) is 0 Å². The number of guanidine groups is 1. The van der Waals surface area contributed by atoms with Crippen LogP contribution in [0, 0.1) is 0 Å². The third kappa shape index (κ3) is 5.93. The Bertz CT molecular complexity index is 998. The van der Waals surface area contributed by atoms with Gasteiger partial charge >= 0.3 is 0 Å². The van der Waals surface area contributed by atoms with Gasteiger partial charge < -0.3 is 19.9 Å². The van der Waals surface area contributed by atoms with Crippen LogP contribution in [0.2, 0.25) is 0 Å². The molecule has 0 aliphatic carbocycles. The van der Waals surface area contributed by atoms with Crippen molar-refractivity contribution < 1.29 is 4.74 Å². The number of aromatic nitrogens is 2. The Labute approximate surface area is 207 Å². The number of nitrogens with zero attached hydrogens (tertiary/aromatic N) is 5. The molecule has 1 aliphatic rings. The Kier molecular flexibility index (Phi) is 8.78. The summed E-state index contributed by atoms with van der Waals surface area (Å²) in [5, 5.41) is 7.99. The van der Waals surface area contributed by atoms with Crippen LogP contribution in [0.25, 0.3) is 5.69 Å². The van der Waals surface area contributed by atoms with Gasteiger partial charge in [-0.3, -0.25) is 4.99 Å². The third-order valence-corrected chi connectivity index (χ3v) is 5.56. The molecule has 32 heavy (non-hydrogen) atoms. The quantitative estimate of drug-likeness (QED) is 0.292. The summed E-state index contributed by atoms with van der Waals surface area (Å²) < 4.78 is 7.28. The Morgan fingerprint density at radius 3 is 2.50 bits per heavy atom. The number of nitrogens with one attached hydrogen (secondary N) is 1. The van der Waals surface area contributed by atoms with E-state index in [1.165, 1.54) is 11.3 Å². The van der Waals surface area contributed by atoms with Gasteiger partial charge in [-0.15, -0.1) is 24.0 Å². The van der Waals surface area contributed by atoms with Crippen molar-refractivity contribution in [2.45, 2.75) is 6.42 Å². The molecule has 0 spiro atoms. The summed E-state index contributed by atoms with van der Waals surface area (Å²) in [7, 11) is 3.56. The smallest absolute Gasteiger partial charge is 0.193 e. The second kappa shape index (κ2) is 11.8. The molecular formula is C24H31IN6O. The minimum Gasteiger partial charge on any atom is -0.497 e. The fourth-order valence-electron chi connectivity index (χ4n) is 3.85. The van der Waals surface area contributed by atoms with E-state index in [-0.39, 0.29) is 24.0 Å². The maximum atomic E-state index is 5.36. The van der Waals surface area contributed by atoms with Crippen LogP contribution in [-0.4, -0.2) is 67.5 Å². The third-order valence-electron chi connectivity index (χ3n) is 5.56. The number of rotatable bonds is 6. The van der Waals surface area contributed by atoms with E-state index in [2.05, 4.69) is 55.7 Å². The molecule has 8 heteroatoms. The monoisotopic (exact) mass is 546 g/mol. The molecule has 4 rings (SSSR count). The Morgan fingerprint density at radius 1 is 1.03 bits per heavy atom. The number of benzene rings is 2. The number of piperazine rings is 1. The number of aliphatic imine (C=N–C) groups is 1. The van der Waals surface area contributed by atoms with Crippen molar-refractivity contribution >= 4 is 35.6 Å². The standard InChI is InChI=1S/C24H30N6O.HI/c1-25-24(26-12-11-20-18-27-30(19-20)21-7-4-3-5-8-21)29-15-13-28(14-16-29)22-9-6-10-23(17-22)31-2;/h3-10,17-19H,11-16H2,1-2H3,(H,25,26);1H. The molecule has 1 N–H and O–H groups in total. The summed E-state index contributed by atoms with van der Waals surface area (Å²) >= 11 is 0. The van der Waals surface area contributed by atoms with Crippen molar-refractivity contribution in [3.63, 3.8) is 0 Å². The molecule has 0 saturated carbocycles. The Morgan fingerprint density at radius 2 is 1.78 bits per heavy atom. The highest BCUT2D eigenvalue weighted by Crippen LogP contribution is 2.22. The first-order valence-corrected chi connectivity index (χ1v) is 10.7. The van der Waals surface area contributed by atoms with E-state index in [4.69, 9.17) is 4.74 Å². The lowest BCUT2D eigenvalue weighted by atomic mass is 10.2. The molecular weight excluding hydrogens is 515 g/mol. The molecule has 0 amide bonds. The van der Waals surface area contributed by atoms with E-state index in [1.807, 2.05) is 48.3 Å². The molecule has 0 atom stereocenters. The average molecular weight is 546 g/mol. The second-order valence-electron chi connectivity index (χ2n) is 7.53. The number of halogens is 1. The van der Waals surface area contributed by atoms with E-state index in [1.54, 1.807) is 7.11 Å². The normalized spacial score (nSPS) is 14.1. The van der Waals surface area contributed by atoms with Crippen molar-refractivity contribution in [2.24, 2.45) is 4.99 Å². The molecule has 0 radical (unpaired) electrons. The molecule has 0 unspecified atom stereocenters. The van der Waals surface area contributed by atoms with Gasteiger partial charge in [-0.1, -0.05) is 24.3 Å². The summed E-state index contributed by atoms with van der Waals surface area (Å²) in [6, 6.07) is 18.4. The van der Waals surface area contributed by atoms with Gasteiger partial charge in [-0.2, -0.15) is 5.10 Å². The highest BCUT2D eigenvalue weighted by atomic mass is 127. The summed E-state index contributed by atoms with van der Waals surface area (Å²) in [5.74, 6) is 1.86. The SMILES string of the molecule is CN=C(NCCc1cnn(-c2ccccc2)c1)N1CCN(c2cccc(OC)c2)CC1.I. The molecule has 170 valence electrons. The van der Waals surface area contributed by atoms with Crippen LogP contribution >= 0.6 is 24.0 Å². The number of anilines is 1. The minimum atomic E-state index is 0. The van der Waals surface area contributed by atoms with Gasteiger partial charge in [0.1, 0.15) is 5.75 Å². The van der Waals surface area contributed by atoms with E-state index in [0.717, 1.165) is 56.5 Å². The van der Waals surface area contributed by atoms with Gasteiger partial charge in [0.05, 0.1) is 19.0 Å². The molecule has 1 aliphatic heterocycles. The lowest BCUT2D eigenvalue weighted by molar-refractivity contribution is 0.372. The highest BCUT2D eigenvalue weighted by Gasteiger charge is 2.20. The zero-order chi connectivity index (χ0) is 21.5. The summed E-state index contributed by atoms with van der Waals surface area (Å²) in [4.78, 5) is 9.21. The Balaban J connectivity index is 0.00000289. The van der Waals surface area contributed by atoms with Gasteiger partial charge in [-0.25, -0.2) is 4.68 Å². The average Bonchev–Trinajstić information content (AvgIpc) is 3.32. The van der Waals surface area contributed by atoms with Gasteiger partial charge in [0, 0.05) is 57.7 Å². The van der Waals surface area contributed by atoms with Crippen molar-refractivity contribution in [2.75, 3.05) is 51.8 Å². The number of hydrogen-bond acceptors (Lipinski definition) is 4. The molecule has 0 bridgehead atoms. The van der Waals surface area contributed by atoms with E-state index in [0.29, 0.717) is 0 Å². The van der Waals surface area contributed by atoms with E-state index in [9.17, 15) is 0 Å². The summed E-state index contributed by atoms with van der Waals surface area (Å²) in [6.07, 6.45) is 4.92. The maximum Gasteiger partial charge on any atom is 0.193 e. The second-order valence-corrected chi connectivity index (χ2v) is 7.53. The van der Waals surface area contributed by atoms with Crippen molar-refractivity contribution in [1.82, 2.24) is 20.0 Å². The number of methoxy groups -OCH3 is 1. The highest BCUT2D eigenvalue weighted by molar-refractivity contribution is 14.0. The molecule has 2 heterocycles. The zero-order valence-corrected chi connectivity index (χ0v) is 21.0. The van der Waals surface area contributed by atoms with Crippen molar-refractivity contribution in [3.8, 4) is 11.4 Å². The molecule has 1 aromatic heterocycles. The van der Waals surface area contributed by atoms with Crippen LogP contribution in [-0.2, 0) is 6.42 Å². The molecule has 7 nitrogen and oxygen atoms in total. The number of hydrogen-bond donors (Lipinski definition) is 1. The number of ether oxygens (including phenoxy) is 1. The molecule has 3 aromatic rings. The first-order valence-electron chi connectivity index (χ1n) is 10.7. The first kappa shape index (κ1) is 23.9. The van der Waals surface area contributed by atoms with Crippen LogP contribution in [0.1, 0.15) is 5.56 Å². The Hall–Kier alpha value is -2.75. The molecule has 2 aromatic carbocycles. The van der Waals surface area contributed by atoms with Crippen molar-refractivity contribution in [3.05, 3.63) is 72.6 Å². The molecule has 1 fully saturated rings. The van der Waals surface area contributed by atoms with Gasteiger partial charge in [0.25, 0.3) is 0 Å². The predicted octanol–water partition coefficient (Wildman–Crippen LogP) is 3.44. The largest absolute Gasteiger partial charge is 0.497 e. The summed E-state index contributed by atoms with van der Waals surface area (Å²) in [6.45, 7) is 4.60. The lowest BCUT2D eigenvalue weighted by Crippen LogP contribution is -2.52. The van der Waals surface area contributed by atoms with Crippen LogP contribution in [0.15, 0.2) is 72.0 Å². The maximum absolute atomic E-state index is 5.36. The lowest BCUT2D eigenvalue weighted by Gasteiger charge is -2.37. The van der Waals surface area contributed by atoms with E-state index >= 15 is 0 Å². The fourth-order valence-corrected chi connectivity index (χ4v) is 3.85. The minimum absolute atomic E-state index is 0. The van der Waals surface area contributed by atoms with Crippen LogP contribution in [0.4, 0.5) is 5.69 Å². The fraction of sp³-hybridized carbons (Fsp3) is 0.333. The van der Waals surface area contributed by atoms with Crippen LogP contribution in [0.3, 0.4) is 0 Å². The van der Waals surface area contributed by atoms with Crippen LogP contribution in [0.5, 0.6) is 5.75 Å². The summed E-state index contributed by atoms with van der Waals surface area (Å²) in [5.41, 5.74) is 3.48. The topological polar surface area (TPSA) is 57.9 Å².